The van der Waals surface area contributed by atoms with Crippen molar-refractivity contribution in [3.05, 3.63) is 64.1 Å². The number of nitrogens with zero attached hydrogens (tertiary/aromatic N) is 1. The van der Waals surface area contributed by atoms with Gasteiger partial charge >= 0.3 is 5.63 Å². The van der Waals surface area contributed by atoms with Gasteiger partial charge in [-0.3, -0.25) is 0 Å². The molecule has 0 radical (unpaired) electrons. The van der Waals surface area contributed by atoms with Gasteiger partial charge in [0.1, 0.15) is 23.8 Å². The average molecular weight is 339 g/mol. The minimum Gasteiger partial charge on any atom is -0.492 e. The minimum atomic E-state index is -0.355. The van der Waals surface area contributed by atoms with Gasteiger partial charge in [-0.1, -0.05) is 6.07 Å². The lowest BCUT2D eigenvalue weighted by molar-refractivity contribution is 0.272. The van der Waals surface area contributed by atoms with Crippen LogP contribution in [0.5, 0.6) is 5.75 Å². The van der Waals surface area contributed by atoms with Crippen LogP contribution in [0.25, 0.3) is 11.0 Å². The first kappa shape index (κ1) is 17.0. The number of pyridine rings is 1. The van der Waals surface area contributed by atoms with Crippen LogP contribution in [0.15, 0.2) is 51.8 Å². The van der Waals surface area contributed by atoms with Crippen molar-refractivity contribution in [2.75, 3.05) is 12.3 Å². The lowest BCUT2D eigenvalue weighted by atomic mass is 10.1. The Kier molecular flexibility index (Phi) is 5.00. The molecule has 0 aliphatic carbocycles. The topological polar surface area (TPSA) is 90.4 Å². The van der Waals surface area contributed by atoms with Crippen LogP contribution in [-0.2, 0) is 6.54 Å². The fraction of sp³-hybridized carbons (Fsp3) is 0.263. The van der Waals surface area contributed by atoms with Gasteiger partial charge in [-0.15, -0.1) is 0 Å². The molecule has 0 saturated heterocycles. The van der Waals surface area contributed by atoms with Gasteiger partial charge in [0, 0.05) is 41.9 Å². The molecular formula is C19H21N3O3. The molecule has 130 valence electrons. The highest BCUT2D eigenvalue weighted by Crippen LogP contribution is 2.22. The van der Waals surface area contributed by atoms with Gasteiger partial charge < -0.3 is 20.2 Å². The van der Waals surface area contributed by atoms with E-state index in [1.165, 1.54) is 6.07 Å². The van der Waals surface area contributed by atoms with Crippen LogP contribution in [0.3, 0.4) is 0 Å². The lowest BCUT2D eigenvalue weighted by Gasteiger charge is -2.15. The normalized spacial score (nSPS) is 12.2. The summed E-state index contributed by atoms with van der Waals surface area (Å²) < 4.78 is 11.0. The zero-order chi connectivity index (χ0) is 17.8. The predicted octanol–water partition coefficient (Wildman–Crippen LogP) is 2.64. The Labute approximate surface area is 145 Å². The van der Waals surface area contributed by atoms with Crippen molar-refractivity contribution in [2.45, 2.75) is 26.4 Å². The van der Waals surface area contributed by atoms with E-state index >= 15 is 0 Å². The molecule has 6 nitrogen and oxygen atoms in total. The molecule has 0 bridgehead atoms. The van der Waals surface area contributed by atoms with E-state index in [9.17, 15) is 4.79 Å². The Morgan fingerprint density at radius 2 is 2.16 bits per heavy atom. The third-order valence-corrected chi connectivity index (χ3v) is 3.99. The van der Waals surface area contributed by atoms with Crippen LogP contribution in [0.1, 0.15) is 18.1 Å². The monoisotopic (exact) mass is 339 g/mol. The quantitative estimate of drug-likeness (QED) is 0.671. The lowest BCUT2D eigenvalue weighted by Crippen LogP contribution is -2.31. The van der Waals surface area contributed by atoms with Crippen molar-refractivity contribution in [1.29, 1.82) is 0 Å². The molecule has 2 heterocycles. The fourth-order valence-corrected chi connectivity index (χ4v) is 2.56. The Morgan fingerprint density at radius 3 is 2.96 bits per heavy atom. The zero-order valence-corrected chi connectivity index (χ0v) is 14.3. The second-order valence-corrected chi connectivity index (χ2v) is 6.05. The molecule has 1 unspecified atom stereocenters. The average Bonchev–Trinajstić information content (AvgIpc) is 2.58. The largest absolute Gasteiger partial charge is 0.492 e. The van der Waals surface area contributed by atoms with Gasteiger partial charge in [-0.25, -0.2) is 9.78 Å². The molecule has 3 N–H and O–H groups in total. The van der Waals surface area contributed by atoms with E-state index in [0.717, 1.165) is 16.5 Å². The van der Waals surface area contributed by atoms with Gasteiger partial charge in [0.15, 0.2) is 0 Å². The summed E-state index contributed by atoms with van der Waals surface area (Å²) in [6.07, 6.45) is 1.67. The van der Waals surface area contributed by atoms with Gasteiger partial charge in [0.2, 0.25) is 0 Å². The summed E-state index contributed by atoms with van der Waals surface area (Å²) in [6.45, 7) is 5.01. The molecule has 1 aromatic carbocycles. The summed E-state index contributed by atoms with van der Waals surface area (Å²) in [5.41, 5.74) is 7.86. The van der Waals surface area contributed by atoms with Gasteiger partial charge in [0.25, 0.3) is 0 Å². The van der Waals surface area contributed by atoms with Crippen molar-refractivity contribution in [3.8, 4) is 5.75 Å². The minimum absolute atomic E-state index is 0.111. The standard InChI is InChI=1S/C19H21N3O3/c1-12-8-18(23)25-17-9-15(5-6-16(12)17)24-11-13(2)22-10-14-4-3-7-21-19(14)20/h3-9,13,22H,10-11H2,1-2H3,(H2,20,21). The Bertz CT molecular complexity index is 937. The second-order valence-electron chi connectivity index (χ2n) is 6.05. The molecule has 0 aliphatic rings. The number of aryl methyl sites for hydroxylation is 1. The number of anilines is 1. The maximum atomic E-state index is 11.5. The van der Waals surface area contributed by atoms with Gasteiger partial charge in [-0.2, -0.15) is 0 Å². The molecule has 3 aromatic rings. The fourth-order valence-electron chi connectivity index (χ4n) is 2.56. The third-order valence-electron chi connectivity index (χ3n) is 3.99. The maximum absolute atomic E-state index is 11.5. The first-order chi connectivity index (χ1) is 12.0. The zero-order valence-electron chi connectivity index (χ0n) is 14.3. The van der Waals surface area contributed by atoms with Crippen molar-refractivity contribution in [3.63, 3.8) is 0 Å². The van der Waals surface area contributed by atoms with E-state index in [-0.39, 0.29) is 11.7 Å². The van der Waals surface area contributed by atoms with Crippen molar-refractivity contribution >= 4 is 16.8 Å². The molecule has 0 amide bonds. The number of nitrogens with one attached hydrogen (secondary N) is 1. The van der Waals surface area contributed by atoms with Gasteiger partial charge in [-0.05, 0) is 37.6 Å². The summed E-state index contributed by atoms with van der Waals surface area (Å²) in [6, 6.07) is 10.9. The number of hydrogen-bond acceptors (Lipinski definition) is 6. The number of fused-ring (bicyclic) bond motifs is 1. The second kappa shape index (κ2) is 7.36. The number of ether oxygens (including phenoxy) is 1. The summed E-state index contributed by atoms with van der Waals surface area (Å²) in [7, 11) is 0. The maximum Gasteiger partial charge on any atom is 0.336 e. The first-order valence-electron chi connectivity index (χ1n) is 8.13. The van der Waals surface area contributed by atoms with E-state index in [1.54, 1.807) is 12.3 Å². The highest BCUT2D eigenvalue weighted by atomic mass is 16.5. The van der Waals surface area contributed by atoms with Crippen LogP contribution in [0.2, 0.25) is 0 Å². The van der Waals surface area contributed by atoms with E-state index in [4.69, 9.17) is 14.9 Å². The van der Waals surface area contributed by atoms with E-state index < -0.39 is 0 Å². The van der Waals surface area contributed by atoms with E-state index in [1.807, 2.05) is 38.1 Å². The number of nitrogens with two attached hydrogens (primary N) is 1. The van der Waals surface area contributed by atoms with Crippen LogP contribution < -0.4 is 21.4 Å². The van der Waals surface area contributed by atoms with Crippen LogP contribution >= 0.6 is 0 Å². The summed E-state index contributed by atoms with van der Waals surface area (Å²) in [5.74, 6) is 1.19. The number of hydrogen-bond donors (Lipinski definition) is 2. The van der Waals surface area contributed by atoms with Crippen LogP contribution in [0, 0.1) is 6.92 Å². The molecule has 1 atom stereocenters. The Balaban J connectivity index is 1.60. The van der Waals surface area contributed by atoms with Crippen molar-refractivity contribution in [1.82, 2.24) is 10.3 Å². The molecule has 25 heavy (non-hydrogen) atoms. The van der Waals surface area contributed by atoms with E-state index in [0.29, 0.717) is 30.3 Å². The SMILES string of the molecule is Cc1cc(=O)oc2cc(OCC(C)NCc3cccnc3N)ccc12. The molecule has 6 heteroatoms. The smallest absolute Gasteiger partial charge is 0.336 e. The number of nitrogen functional groups attached to an aromatic ring is 1. The summed E-state index contributed by atoms with van der Waals surface area (Å²) in [4.78, 5) is 15.6. The Hall–Kier alpha value is -2.86. The molecule has 0 fully saturated rings. The summed E-state index contributed by atoms with van der Waals surface area (Å²) in [5, 5.41) is 4.25. The molecule has 0 aliphatic heterocycles. The number of rotatable bonds is 6. The van der Waals surface area contributed by atoms with Crippen LogP contribution in [0.4, 0.5) is 5.82 Å². The van der Waals surface area contributed by atoms with Crippen LogP contribution in [-0.4, -0.2) is 17.6 Å². The van der Waals surface area contributed by atoms with E-state index in [2.05, 4.69) is 10.3 Å². The van der Waals surface area contributed by atoms with Crippen molar-refractivity contribution in [2.24, 2.45) is 0 Å². The summed E-state index contributed by atoms with van der Waals surface area (Å²) >= 11 is 0. The third kappa shape index (κ3) is 4.16. The molecule has 0 saturated carbocycles. The van der Waals surface area contributed by atoms with Gasteiger partial charge in [0.05, 0.1) is 0 Å². The molecule has 0 spiro atoms. The number of benzene rings is 1. The molecular weight excluding hydrogens is 318 g/mol. The highest BCUT2D eigenvalue weighted by molar-refractivity contribution is 5.81. The predicted molar refractivity (Wildman–Crippen MR) is 97.7 cm³/mol. The highest BCUT2D eigenvalue weighted by Gasteiger charge is 2.07. The Morgan fingerprint density at radius 1 is 1.32 bits per heavy atom. The van der Waals surface area contributed by atoms with Crippen molar-refractivity contribution < 1.29 is 9.15 Å². The number of aromatic nitrogens is 1. The molecule has 3 rings (SSSR count). The first-order valence-corrected chi connectivity index (χ1v) is 8.13. The molecule has 2 aromatic heterocycles.